The van der Waals surface area contributed by atoms with Gasteiger partial charge in [-0.1, -0.05) is 0 Å². The van der Waals surface area contributed by atoms with Gasteiger partial charge in [0.15, 0.2) is 0 Å². The maximum Gasteiger partial charge on any atom is 0.240 e. The highest BCUT2D eigenvalue weighted by molar-refractivity contribution is 5.82. The van der Waals surface area contributed by atoms with Crippen LogP contribution in [0.5, 0.6) is 11.5 Å². The van der Waals surface area contributed by atoms with Gasteiger partial charge in [-0.05, 0) is 12.1 Å². The van der Waals surface area contributed by atoms with Crippen LogP contribution in [0, 0.1) is 0 Å². The minimum absolute atomic E-state index is 0.0663. The van der Waals surface area contributed by atoms with Crippen molar-refractivity contribution in [2.24, 2.45) is 0 Å². The quantitative estimate of drug-likeness (QED) is 0.814. The van der Waals surface area contributed by atoms with E-state index in [1.165, 1.54) is 0 Å². The molecule has 2 unspecified atom stereocenters. The third-order valence-electron chi connectivity index (χ3n) is 4.16. The summed E-state index contributed by atoms with van der Waals surface area (Å²) in [5, 5.41) is 12.8. The molecule has 3 rings (SSSR count). The number of carbonyl (C=O) groups is 1. The van der Waals surface area contributed by atoms with Gasteiger partial charge in [-0.2, -0.15) is 0 Å². The van der Waals surface area contributed by atoms with E-state index in [1.54, 1.807) is 31.1 Å². The lowest BCUT2D eigenvalue weighted by Crippen LogP contribution is -2.58. The number of rotatable bonds is 2. The van der Waals surface area contributed by atoms with E-state index in [0.717, 1.165) is 24.4 Å². The normalized spacial score (nSPS) is 25.2. The fraction of sp³-hybridized carbons (Fsp3) is 0.533. The van der Waals surface area contributed by atoms with E-state index in [0.29, 0.717) is 13.2 Å². The number of fused-ring (bicyclic) bond motifs is 1. The third kappa shape index (κ3) is 2.56. The smallest absolute Gasteiger partial charge is 0.240 e. The summed E-state index contributed by atoms with van der Waals surface area (Å²) in [5.74, 6) is 1.03. The number of carbonyl (C=O) groups excluding carboxylic acids is 1. The fourth-order valence-corrected chi connectivity index (χ4v) is 3.08. The SMILES string of the molecule is CN(C)C(=O)C1CNCCN1C1COc2cc(O)ccc21. The van der Waals surface area contributed by atoms with Crippen molar-refractivity contribution in [3.8, 4) is 11.5 Å². The van der Waals surface area contributed by atoms with Gasteiger partial charge < -0.3 is 20.1 Å². The van der Waals surface area contributed by atoms with Crippen molar-refractivity contribution in [1.82, 2.24) is 15.1 Å². The molecule has 0 aliphatic carbocycles. The first-order chi connectivity index (χ1) is 10.1. The molecule has 1 aromatic carbocycles. The van der Waals surface area contributed by atoms with Crippen molar-refractivity contribution in [2.75, 3.05) is 40.3 Å². The van der Waals surface area contributed by atoms with E-state index in [4.69, 9.17) is 4.74 Å². The number of nitrogens with zero attached hydrogens (tertiary/aromatic N) is 2. The Morgan fingerprint density at radius 3 is 3.05 bits per heavy atom. The number of aromatic hydroxyl groups is 1. The minimum Gasteiger partial charge on any atom is -0.508 e. The maximum atomic E-state index is 12.4. The Morgan fingerprint density at radius 1 is 1.48 bits per heavy atom. The second-order valence-electron chi connectivity index (χ2n) is 5.74. The standard InChI is InChI=1S/C15H21N3O3/c1-17(2)15(20)12-8-16-5-6-18(12)13-9-21-14-7-10(19)3-4-11(13)14/h3-4,7,12-13,16,19H,5-6,8-9H2,1-2H3. The molecule has 1 amide bonds. The van der Waals surface area contributed by atoms with Gasteiger partial charge in [-0.25, -0.2) is 0 Å². The molecule has 6 heteroatoms. The number of phenolic OH excluding ortho intramolecular Hbond substituents is 1. The number of ether oxygens (including phenoxy) is 1. The monoisotopic (exact) mass is 291 g/mol. The van der Waals surface area contributed by atoms with Crippen LogP contribution >= 0.6 is 0 Å². The van der Waals surface area contributed by atoms with Crippen LogP contribution in [-0.2, 0) is 4.79 Å². The molecule has 0 radical (unpaired) electrons. The van der Waals surface area contributed by atoms with E-state index in [1.807, 2.05) is 6.07 Å². The molecule has 0 saturated carbocycles. The van der Waals surface area contributed by atoms with Gasteiger partial charge in [0, 0.05) is 45.4 Å². The molecule has 1 fully saturated rings. The molecule has 1 aromatic rings. The van der Waals surface area contributed by atoms with Crippen molar-refractivity contribution < 1.29 is 14.6 Å². The summed E-state index contributed by atoms with van der Waals surface area (Å²) < 4.78 is 5.69. The number of hydrogen-bond donors (Lipinski definition) is 2. The van der Waals surface area contributed by atoms with Crippen molar-refractivity contribution in [3.63, 3.8) is 0 Å². The van der Waals surface area contributed by atoms with Crippen LogP contribution in [-0.4, -0.2) is 67.2 Å². The van der Waals surface area contributed by atoms with Gasteiger partial charge in [-0.15, -0.1) is 0 Å². The Kier molecular flexibility index (Phi) is 3.73. The average Bonchev–Trinajstić information content (AvgIpc) is 2.89. The summed E-state index contributed by atoms with van der Waals surface area (Å²) in [6.45, 7) is 2.84. The second kappa shape index (κ2) is 5.54. The van der Waals surface area contributed by atoms with E-state index in [-0.39, 0.29) is 23.7 Å². The topological polar surface area (TPSA) is 65.0 Å². The molecule has 2 aliphatic rings. The van der Waals surface area contributed by atoms with Crippen LogP contribution in [0.4, 0.5) is 0 Å². The summed E-state index contributed by atoms with van der Waals surface area (Å²) in [6, 6.07) is 5.09. The predicted octanol–water partition coefficient (Wildman–Crippen LogP) is 0.188. The number of likely N-dealkylation sites (N-methyl/N-ethyl adjacent to an activating group) is 1. The zero-order chi connectivity index (χ0) is 15.0. The van der Waals surface area contributed by atoms with Gasteiger partial charge in [0.25, 0.3) is 0 Å². The van der Waals surface area contributed by atoms with Crippen LogP contribution in [0.15, 0.2) is 18.2 Å². The van der Waals surface area contributed by atoms with Crippen molar-refractivity contribution >= 4 is 5.91 Å². The largest absolute Gasteiger partial charge is 0.508 e. The Hall–Kier alpha value is -1.79. The van der Waals surface area contributed by atoms with E-state index >= 15 is 0 Å². The highest BCUT2D eigenvalue weighted by Crippen LogP contribution is 2.39. The molecule has 114 valence electrons. The number of phenols is 1. The summed E-state index contributed by atoms with van der Waals surface area (Å²) in [5.41, 5.74) is 1.05. The first-order valence-corrected chi connectivity index (χ1v) is 7.21. The molecular formula is C15H21N3O3. The van der Waals surface area contributed by atoms with Crippen LogP contribution in [0.2, 0.25) is 0 Å². The number of hydrogen-bond acceptors (Lipinski definition) is 5. The molecule has 6 nitrogen and oxygen atoms in total. The number of benzene rings is 1. The first kappa shape index (κ1) is 14.2. The minimum atomic E-state index is -0.179. The zero-order valence-corrected chi connectivity index (χ0v) is 12.4. The van der Waals surface area contributed by atoms with Gasteiger partial charge in [0.1, 0.15) is 24.1 Å². The summed E-state index contributed by atoms with van der Waals surface area (Å²) in [6.07, 6.45) is 0. The van der Waals surface area contributed by atoms with E-state index in [9.17, 15) is 9.90 Å². The summed E-state index contributed by atoms with van der Waals surface area (Å²) in [4.78, 5) is 16.2. The predicted molar refractivity (Wildman–Crippen MR) is 78.4 cm³/mol. The molecular weight excluding hydrogens is 270 g/mol. The van der Waals surface area contributed by atoms with Crippen LogP contribution in [0.1, 0.15) is 11.6 Å². The van der Waals surface area contributed by atoms with Crippen molar-refractivity contribution in [3.05, 3.63) is 23.8 Å². The number of piperazine rings is 1. The van der Waals surface area contributed by atoms with Crippen molar-refractivity contribution in [2.45, 2.75) is 12.1 Å². The molecule has 0 spiro atoms. The fourth-order valence-electron chi connectivity index (χ4n) is 3.08. The second-order valence-corrected chi connectivity index (χ2v) is 5.74. The van der Waals surface area contributed by atoms with Gasteiger partial charge >= 0.3 is 0 Å². The Labute approximate surface area is 124 Å². The van der Waals surface area contributed by atoms with Crippen LogP contribution in [0.3, 0.4) is 0 Å². The molecule has 2 atom stereocenters. The van der Waals surface area contributed by atoms with Crippen LogP contribution < -0.4 is 10.1 Å². The molecule has 2 aliphatic heterocycles. The average molecular weight is 291 g/mol. The Morgan fingerprint density at radius 2 is 2.29 bits per heavy atom. The van der Waals surface area contributed by atoms with Gasteiger partial charge in [0.2, 0.25) is 5.91 Å². The third-order valence-corrected chi connectivity index (χ3v) is 4.16. The Bertz CT molecular complexity index is 547. The molecule has 21 heavy (non-hydrogen) atoms. The molecule has 2 heterocycles. The van der Waals surface area contributed by atoms with E-state index in [2.05, 4.69) is 10.2 Å². The summed E-state index contributed by atoms with van der Waals surface area (Å²) >= 11 is 0. The summed E-state index contributed by atoms with van der Waals surface area (Å²) in [7, 11) is 3.57. The molecule has 1 saturated heterocycles. The van der Waals surface area contributed by atoms with Crippen molar-refractivity contribution in [1.29, 1.82) is 0 Å². The Balaban J connectivity index is 1.87. The maximum absolute atomic E-state index is 12.4. The molecule has 0 bridgehead atoms. The highest BCUT2D eigenvalue weighted by Gasteiger charge is 2.38. The highest BCUT2D eigenvalue weighted by atomic mass is 16.5. The number of amides is 1. The van der Waals surface area contributed by atoms with Gasteiger partial charge in [0.05, 0.1) is 6.04 Å². The van der Waals surface area contributed by atoms with E-state index < -0.39 is 0 Å². The lowest BCUT2D eigenvalue weighted by atomic mass is 10.0. The first-order valence-electron chi connectivity index (χ1n) is 7.21. The molecule has 2 N–H and O–H groups in total. The lowest BCUT2D eigenvalue weighted by Gasteiger charge is -2.39. The number of nitrogens with one attached hydrogen (secondary N) is 1. The van der Waals surface area contributed by atoms with Crippen LogP contribution in [0.25, 0.3) is 0 Å². The zero-order valence-electron chi connectivity index (χ0n) is 12.4. The molecule has 0 aromatic heterocycles. The lowest BCUT2D eigenvalue weighted by molar-refractivity contribution is -0.136. The van der Waals surface area contributed by atoms with Gasteiger partial charge in [-0.3, -0.25) is 9.69 Å².